The largest absolute Gasteiger partial charge is 0.324 e. The van der Waals surface area contributed by atoms with Crippen molar-refractivity contribution >= 4 is 45.9 Å². The highest BCUT2D eigenvalue weighted by Gasteiger charge is 2.42. The van der Waals surface area contributed by atoms with Crippen molar-refractivity contribution in [2.24, 2.45) is 0 Å². The van der Waals surface area contributed by atoms with Crippen LogP contribution in [0.4, 0.5) is 5.69 Å². The second-order valence-corrected chi connectivity index (χ2v) is 7.82. The molecule has 0 aromatic heterocycles. The van der Waals surface area contributed by atoms with Crippen LogP contribution in [-0.4, -0.2) is 40.7 Å². The number of imide groups is 1. The zero-order valence-corrected chi connectivity index (χ0v) is 16.7. The molecule has 0 radical (unpaired) electrons. The minimum atomic E-state index is -0.867. The number of carbonyl (C=O) groups excluding carboxylic acids is 3. The maximum absolute atomic E-state index is 13.2. The highest BCUT2D eigenvalue weighted by Crippen LogP contribution is 2.28. The lowest BCUT2D eigenvalue weighted by Crippen LogP contribution is -2.47. The smallest absolute Gasteiger partial charge is 0.262 e. The normalized spacial score (nSPS) is 14.2. The molecule has 3 amide bonds. The fourth-order valence-electron chi connectivity index (χ4n) is 3.65. The van der Waals surface area contributed by atoms with Crippen LogP contribution in [0.5, 0.6) is 0 Å². The second kappa shape index (κ2) is 8.09. The summed E-state index contributed by atoms with van der Waals surface area (Å²) in [5, 5.41) is 4.86. The maximum Gasteiger partial charge on any atom is 0.262 e. The molecule has 1 aliphatic heterocycles. The predicted octanol–water partition coefficient (Wildman–Crippen LogP) is 4.20. The molecule has 0 saturated heterocycles. The highest BCUT2D eigenvalue weighted by molar-refractivity contribution is 7.98. The van der Waals surface area contributed by atoms with E-state index in [0.717, 1.165) is 15.7 Å². The number of nitrogens with one attached hydrogen (secondary N) is 1. The Hall–Kier alpha value is -3.12. The molecule has 0 spiro atoms. The van der Waals surface area contributed by atoms with Crippen molar-refractivity contribution in [2.45, 2.75) is 12.5 Å². The summed E-state index contributed by atoms with van der Waals surface area (Å²) in [6.07, 6.45) is 2.32. The van der Waals surface area contributed by atoms with E-state index in [4.69, 9.17) is 0 Å². The molecule has 1 atom stereocenters. The van der Waals surface area contributed by atoms with Gasteiger partial charge in [-0.25, -0.2) is 0 Å². The third kappa shape index (κ3) is 3.51. The zero-order chi connectivity index (χ0) is 20.4. The van der Waals surface area contributed by atoms with Gasteiger partial charge in [0.2, 0.25) is 5.91 Å². The van der Waals surface area contributed by atoms with Crippen LogP contribution in [-0.2, 0) is 4.79 Å². The monoisotopic (exact) mass is 404 g/mol. The van der Waals surface area contributed by atoms with E-state index in [1.807, 2.05) is 48.7 Å². The van der Waals surface area contributed by atoms with Gasteiger partial charge >= 0.3 is 0 Å². The first-order valence-electron chi connectivity index (χ1n) is 9.36. The zero-order valence-electron chi connectivity index (χ0n) is 15.9. The van der Waals surface area contributed by atoms with Crippen molar-refractivity contribution in [3.05, 3.63) is 77.9 Å². The number of hydrogen-bond donors (Lipinski definition) is 1. The average Bonchev–Trinajstić information content (AvgIpc) is 3.00. The molecule has 0 aliphatic carbocycles. The Balaban J connectivity index is 1.66. The maximum atomic E-state index is 13.2. The molecular formula is C23H20N2O3S. The lowest BCUT2D eigenvalue weighted by molar-refractivity contribution is -0.120. The van der Waals surface area contributed by atoms with Crippen molar-refractivity contribution in [1.29, 1.82) is 0 Å². The van der Waals surface area contributed by atoms with Gasteiger partial charge in [0, 0.05) is 11.1 Å². The van der Waals surface area contributed by atoms with Crippen LogP contribution in [0, 0.1) is 0 Å². The van der Waals surface area contributed by atoms with Crippen molar-refractivity contribution < 1.29 is 14.4 Å². The Morgan fingerprint density at radius 1 is 0.931 bits per heavy atom. The molecule has 0 fully saturated rings. The number of benzene rings is 3. The van der Waals surface area contributed by atoms with Crippen molar-refractivity contribution in [1.82, 2.24) is 4.90 Å². The SMILES string of the molecule is CSCC[C@@H](C(=O)Nc1cccc2ccccc12)N1C(=O)c2ccccc2C1=O. The molecule has 1 N–H and O–H groups in total. The summed E-state index contributed by atoms with van der Waals surface area (Å²) in [6, 6.07) is 19.3. The fourth-order valence-corrected chi connectivity index (χ4v) is 4.11. The third-order valence-corrected chi connectivity index (χ3v) is 5.73. The summed E-state index contributed by atoms with van der Waals surface area (Å²) in [7, 11) is 0. The number of rotatable bonds is 6. The minimum Gasteiger partial charge on any atom is -0.324 e. The van der Waals surface area contributed by atoms with E-state index in [-0.39, 0.29) is 5.91 Å². The molecule has 0 saturated carbocycles. The van der Waals surface area contributed by atoms with Gasteiger partial charge < -0.3 is 5.32 Å². The van der Waals surface area contributed by atoms with Crippen LogP contribution in [0.25, 0.3) is 10.8 Å². The van der Waals surface area contributed by atoms with Gasteiger partial charge in [-0.2, -0.15) is 11.8 Å². The summed E-state index contributed by atoms with van der Waals surface area (Å²) in [5.41, 5.74) is 1.37. The van der Waals surface area contributed by atoms with Crippen LogP contribution in [0.1, 0.15) is 27.1 Å². The third-order valence-electron chi connectivity index (χ3n) is 5.08. The fraction of sp³-hybridized carbons (Fsp3) is 0.174. The van der Waals surface area contributed by atoms with Crippen LogP contribution >= 0.6 is 11.8 Å². The standard InChI is InChI=1S/C23H20N2O3S/c1-29-14-13-20(25-22(27)17-10-4-5-11-18(17)23(25)28)21(26)24-19-12-6-8-15-7-2-3-9-16(15)19/h2-12,20H,13-14H2,1H3,(H,24,26)/t20-/m0/s1. The first-order valence-corrected chi connectivity index (χ1v) is 10.8. The summed E-state index contributed by atoms with van der Waals surface area (Å²) in [6.45, 7) is 0. The van der Waals surface area contributed by atoms with Crippen LogP contribution in [0.15, 0.2) is 66.7 Å². The first-order chi connectivity index (χ1) is 14.1. The van der Waals surface area contributed by atoms with Crippen LogP contribution in [0.2, 0.25) is 0 Å². The van der Waals surface area contributed by atoms with Gasteiger partial charge in [0.15, 0.2) is 0 Å². The Bertz CT molecular complexity index is 1070. The Labute approximate surface area is 173 Å². The lowest BCUT2D eigenvalue weighted by atomic mass is 10.1. The van der Waals surface area contributed by atoms with E-state index >= 15 is 0 Å². The van der Waals surface area contributed by atoms with Gasteiger partial charge in [-0.1, -0.05) is 48.5 Å². The number of carbonyl (C=O) groups is 3. The van der Waals surface area contributed by atoms with E-state index in [1.54, 1.807) is 36.0 Å². The van der Waals surface area contributed by atoms with Crippen molar-refractivity contribution in [2.75, 3.05) is 17.3 Å². The predicted molar refractivity (Wildman–Crippen MR) is 116 cm³/mol. The van der Waals surface area contributed by atoms with E-state index in [9.17, 15) is 14.4 Å². The van der Waals surface area contributed by atoms with Crippen molar-refractivity contribution in [3.8, 4) is 0 Å². The van der Waals surface area contributed by atoms with E-state index < -0.39 is 17.9 Å². The number of anilines is 1. The minimum absolute atomic E-state index is 0.351. The summed E-state index contributed by atoms with van der Waals surface area (Å²) in [5.74, 6) is -0.527. The number of nitrogens with zero attached hydrogens (tertiary/aromatic N) is 1. The molecule has 29 heavy (non-hydrogen) atoms. The molecular weight excluding hydrogens is 384 g/mol. The van der Waals surface area contributed by atoms with Gasteiger partial charge in [0.1, 0.15) is 6.04 Å². The van der Waals surface area contributed by atoms with E-state index in [2.05, 4.69) is 5.32 Å². The molecule has 6 heteroatoms. The molecule has 4 rings (SSSR count). The quantitative estimate of drug-likeness (QED) is 0.626. The Kier molecular flexibility index (Phi) is 5.36. The van der Waals surface area contributed by atoms with Crippen LogP contribution in [0.3, 0.4) is 0 Å². The number of hydrogen-bond acceptors (Lipinski definition) is 4. The molecule has 3 aromatic rings. The van der Waals surface area contributed by atoms with Gasteiger partial charge in [-0.15, -0.1) is 0 Å². The molecule has 0 bridgehead atoms. The lowest BCUT2D eigenvalue weighted by Gasteiger charge is -2.25. The molecule has 1 heterocycles. The van der Waals surface area contributed by atoms with E-state index in [1.165, 1.54) is 0 Å². The number of thioether (sulfide) groups is 1. The van der Waals surface area contributed by atoms with Gasteiger partial charge in [-0.05, 0) is 42.0 Å². The average molecular weight is 404 g/mol. The number of fused-ring (bicyclic) bond motifs is 2. The van der Waals surface area contributed by atoms with Gasteiger partial charge in [0.25, 0.3) is 11.8 Å². The molecule has 0 unspecified atom stereocenters. The number of amides is 3. The van der Waals surface area contributed by atoms with E-state index in [0.29, 0.717) is 29.0 Å². The van der Waals surface area contributed by atoms with Crippen molar-refractivity contribution in [3.63, 3.8) is 0 Å². The Morgan fingerprint density at radius 2 is 1.55 bits per heavy atom. The molecule has 146 valence electrons. The summed E-state index contributed by atoms with van der Waals surface area (Å²) >= 11 is 1.57. The van der Waals surface area contributed by atoms with Gasteiger partial charge in [0.05, 0.1) is 11.1 Å². The van der Waals surface area contributed by atoms with Crippen LogP contribution < -0.4 is 5.32 Å². The summed E-state index contributed by atoms with van der Waals surface area (Å²) < 4.78 is 0. The Morgan fingerprint density at radius 3 is 2.24 bits per heavy atom. The molecule has 1 aliphatic rings. The molecule has 5 nitrogen and oxygen atoms in total. The topological polar surface area (TPSA) is 66.5 Å². The first kappa shape index (κ1) is 19.2. The highest BCUT2D eigenvalue weighted by atomic mass is 32.2. The second-order valence-electron chi connectivity index (χ2n) is 6.84. The van der Waals surface area contributed by atoms with Gasteiger partial charge in [-0.3, -0.25) is 19.3 Å². The summed E-state index contributed by atoms with van der Waals surface area (Å²) in [4.78, 5) is 40.1. The molecule has 3 aromatic carbocycles.